The van der Waals surface area contributed by atoms with Gasteiger partial charge in [-0.3, -0.25) is 0 Å². The van der Waals surface area contributed by atoms with Crippen LogP contribution in [0.1, 0.15) is 38.2 Å². The van der Waals surface area contributed by atoms with Crippen LogP contribution >= 0.6 is 24.0 Å². The molecule has 1 aliphatic carbocycles. The van der Waals surface area contributed by atoms with E-state index in [2.05, 4.69) is 15.6 Å². The van der Waals surface area contributed by atoms with Gasteiger partial charge in [0.2, 0.25) is 0 Å². The van der Waals surface area contributed by atoms with Gasteiger partial charge in [-0.05, 0) is 37.5 Å². The van der Waals surface area contributed by atoms with Crippen LogP contribution in [-0.4, -0.2) is 25.7 Å². The molecule has 2 rings (SSSR count). The predicted molar refractivity (Wildman–Crippen MR) is 98.6 cm³/mol. The molecule has 0 radical (unpaired) electrons. The molecule has 1 fully saturated rings. The molecule has 0 heterocycles. The van der Waals surface area contributed by atoms with Crippen molar-refractivity contribution in [2.24, 2.45) is 4.99 Å². The molecule has 0 aromatic heterocycles. The Labute approximate surface area is 148 Å². The van der Waals surface area contributed by atoms with Gasteiger partial charge in [0, 0.05) is 12.6 Å². The minimum atomic E-state index is -0.348. The average Bonchev–Trinajstić information content (AvgIpc) is 2.98. The molecule has 0 bridgehead atoms. The number of aliphatic imine (C=N–C) groups is 1. The molecule has 0 atom stereocenters. The fourth-order valence-corrected chi connectivity index (χ4v) is 2.56. The summed E-state index contributed by atoms with van der Waals surface area (Å²) in [5, 5.41) is 6.68. The molecule has 4 nitrogen and oxygen atoms in total. The van der Waals surface area contributed by atoms with Crippen LogP contribution in [0.4, 0.5) is 4.39 Å². The lowest BCUT2D eigenvalue weighted by Gasteiger charge is -2.16. The lowest BCUT2D eigenvalue weighted by molar-refractivity contribution is 0.386. The third kappa shape index (κ3) is 5.62. The van der Waals surface area contributed by atoms with E-state index in [4.69, 9.17) is 4.74 Å². The van der Waals surface area contributed by atoms with Crippen molar-refractivity contribution in [2.45, 2.75) is 45.2 Å². The first kappa shape index (κ1) is 19.0. The van der Waals surface area contributed by atoms with Gasteiger partial charge in [-0.1, -0.05) is 18.9 Å². The highest BCUT2D eigenvalue weighted by atomic mass is 127. The Morgan fingerprint density at radius 1 is 1.36 bits per heavy atom. The molecule has 1 aromatic rings. The second-order valence-electron chi connectivity index (χ2n) is 5.29. The summed E-state index contributed by atoms with van der Waals surface area (Å²) in [6.45, 7) is 3.30. The Kier molecular flexibility index (Phi) is 8.52. The maximum atomic E-state index is 13.6. The van der Waals surface area contributed by atoms with E-state index in [0.29, 0.717) is 12.6 Å². The standard InChI is InChI=1S/C16H24FN3O.HI/c1-3-18-16(20-13-6-4-5-7-13)19-11-12-8-9-15(21-2)14(17)10-12;/h8-10,13H,3-7,11H2,1-2H3,(H2,18,19,20);1H. The average molecular weight is 421 g/mol. The Hall–Kier alpha value is -1.05. The van der Waals surface area contributed by atoms with Gasteiger partial charge >= 0.3 is 0 Å². The fraction of sp³-hybridized carbons (Fsp3) is 0.562. The van der Waals surface area contributed by atoms with Crippen LogP contribution in [0.5, 0.6) is 5.75 Å². The first-order valence-electron chi connectivity index (χ1n) is 7.60. The quantitative estimate of drug-likeness (QED) is 0.435. The lowest BCUT2D eigenvalue weighted by Crippen LogP contribution is -2.42. The van der Waals surface area contributed by atoms with Crippen LogP contribution in [0.15, 0.2) is 23.2 Å². The molecule has 22 heavy (non-hydrogen) atoms. The molecule has 1 aromatic carbocycles. The third-order valence-corrected chi connectivity index (χ3v) is 3.68. The van der Waals surface area contributed by atoms with Crippen molar-refractivity contribution in [1.82, 2.24) is 10.6 Å². The Bertz CT molecular complexity index is 490. The number of nitrogens with one attached hydrogen (secondary N) is 2. The summed E-state index contributed by atoms with van der Waals surface area (Å²) in [4.78, 5) is 4.53. The number of hydrogen-bond acceptors (Lipinski definition) is 2. The summed E-state index contributed by atoms with van der Waals surface area (Å²) >= 11 is 0. The van der Waals surface area contributed by atoms with E-state index in [9.17, 15) is 4.39 Å². The van der Waals surface area contributed by atoms with Gasteiger partial charge < -0.3 is 15.4 Å². The van der Waals surface area contributed by atoms with Gasteiger partial charge in [-0.2, -0.15) is 0 Å². The van der Waals surface area contributed by atoms with E-state index in [1.165, 1.54) is 38.9 Å². The number of nitrogens with zero attached hydrogens (tertiary/aromatic N) is 1. The van der Waals surface area contributed by atoms with E-state index in [1.807, 2.05) is 13.0 Å². The van der Waals surface area contributed by atoms with Crippen molar-refractivity contribution in [1.29, 1.82) is 0 Å². The Morgan fingerprint density at radius 2 is 2.09 bits per heavy atom. The monoisotopic (exact) mass is 421 g/mol. The summed E-state index contributed by atoms with van der Waals surface area (Å²) in [6.07, 6.45) is 4.95. The zero-order chi connectivity index (χ0) is 15.1. The fourth-order valence-electron chi connectivity index (χ4n) is 2.56. The molecule has 0 amide bonds. The van der Waals surface area contributed by atoms with E-state index in [1.54, 1.807) is 6.07 Å². The molecule has 6 heteroatoms. The topological polar surface area (TPSA) is 45.7 Å². The smallest absolute Gasteiger partial charge is 0.191 e. The number of rotatable bonds is 5. The molecular formula is C16H25FIN3O. The van der Waals surface area contributed by atoms with Crippen LogP contribution in [0.3, 0.4) is 0 Å². The highest BCUT2D eigenvalue weighted by Crippen LogP contribution is 2.19. The van der Waals surface area contributed by atoms with Crippen LogP contribution in [0, 0.1) is 5.82 Å². The predicted octanol–water partition coefficient (Wildman–Crippen LogP) is 3.45. The Balaban J connectivity index is 0.00000242. The maximum absolute atomic E-state index is 13.6. The van der Waals surface area contributed by atoms with E-state index >= 15 is 0 Å². The number of ether oxygens (including phenoxy) is 1. The SMILES string of the molecule is CCNC(=NCc1ccc(OC)c(F)c1)NC1CCCC1.I. The highest BCUT2D eigenvalue weighted by molar-refractivity contribution is 14.0. The zero-order valence-corrected chi connectivity index (χ0v) is 15.5. The minimum absolute atomic E-state index is 0. The van der Waals surface area contributed by atoms with Crippen LogP contribution in [-0.2, 0) is 6.54 Å². The number of benzene rings is 1. The van der Waals surface area contributed by atoms with Gasteiger partial charge in [0.25, 0.3) is 0 Å². The first-order chi connectivity index (χ1) is 10.2. The molecule has 0 saturated heterocycles. The minimum Gasteiger partial charge on any atom is -0.494 e. The van der Waals surface area contributed by atoms with E-state index in [0.717, 1.165) is 18.1 Å². The second kappa shape index (κ2) is 9.86. The van der Waals surface area contributed by atoms with Crippen LogP contribution in [0.25, 0.3) is 0 Å². The normalized spacial score (nSPS) is 15.3. The summed E-state index contributed by atoms with van der Waals surface area (Å²) in [5.74, 6) is 0.721. The number of methoxy groups -OCH3 is 1. The molecule has 0 unspecified atom stereocenters. The van der Waals surface area contributed by atoms with Gasteiger partial charge in [0.1, 0.15) is 0 Å². The number of hydrogen-bond donors (Lipinski definition) is 2. The van der Waals surface area contributed by atoms with Gasteiger partial charge in [-0.15, -0.1) is 24.0 Å². The van der Waals surface area contributed by atoms with Gasteiger partial charge in [-0.25, -0.2) is 9.38 Å². The van der Waals surface area contributed by atoms with Gasteiger partial charge in [0.15, 0.2) is 17.5 Å². The largest absolute Gasteiger partial charge is 0.494 e. The molecule has 124 valence electrons. The molecular weight excluding hydrogens is 396 g/mol. The molecule has 1 saturated carbocycles. The second-order valence-corrected chi connectivity index (χ2v) is 5.29. The maximum Gasteiger partial charge on any atom is 0.191 e. The van der Waals surface area contributed by atoms with E-state index < -0.39 is 0 Å². The summed E-state index contributed by atoms with van der Waals surface area (Å²) in [6, 6.07) is 5.46. The Morgan fingerprint density at radius 3 is 2.68 bits per heavy atom. The highest BCUT2D eigenvalue weighted by Gasteiger charge is 2.15. The first-order valence-corrected chi connectivity index (χ1v) is 7.60. The zero-order valence-electron chi connectivity index (χ0n) is 13.2. The summed E-state index contributed by atoms with van der Waals surface area (Å²) < 4.78 is 18.6. The lowest BCUT2D eigenvalue weighted by atomic mass is 10.2. The number of guanidine groups is 1. The van der Waals surface area contributed by atoms with Crippen LogP contribution < -0.4 is 15.4 Å². The van der Waals surface area contributed by atoms with Crippen molar-refractivity contribution < 1.29 is 9.13 Å². The molecule has 1 aliphatic rings. The van der Waals surface area contributed by atoms with Crippen molar-refractivity contribution in [2.75, 3.05) is 13.7 Å². The third-order valence-electron chi connectivity index (χ3n) is 3.68. The van der Waals surface area contributed by atoms with Gasteiger partial charge in [0.05, 0.1) is 13.7 Å². The molecule has 2 N–H and O–H groups in total. The van der Waals surface area contributed by atoms with Crippen LogP contribution in [0.2, 0.25) is 0 Å². The molecule has 0 aliphatic heterocycles. The molecule has 0 spiro atoms. The van der Waals surface area contributed by atoms with Crippen molar-refractivity contribution in [3.63, 3.8) is 0 Å². The van der Waals surface area contributed by atoms with Crippen molar-refractivity contribution in [3.8, 4) is 5.75 Å². The van der Waals surface area contributed by atoms with E-state index in [-0.39, 0.29) is 35.5 Å². The van der Waals surface area contributed by atoms with Crippen molar-refractivity contribution in [3.05, 3.63) is 29.6 Å². The summed E-state index contributed by atoms with van der Waals surface area (Å²) in [7, 11) is 1.46. The summed E-state index contributed by atoms with van der Waals surface area (Å²) in [5.41, 5.74) is 0.830. The number of halogens is 2. The van der Waals surface area contributed by atoms with Crippen molar-refractivity contribution >= 4 is 29.9 Å².